The van der Waals surface area contributed by atoms with E-state index in [1.807, 2.05) is 11.8 Å². The molecule has 1 unspecified atom stereocenters. The molecule has 15 heavy (non-hydrogen) atoms. The van der Waals surface area contributed by atoms with Gasteiger partial charge in [0.1, 0.15) is 6.54 Å². The molecule has 4 nitrogen and oxygen atoms in total. The maximum atomic E-state index is 11.8. The molecule has 0 bridgehead atoms. The summed E-state index contributed by atoms with van der Waals surface area (Å²) in [6.07, 6.45) is 3.51. The van der Waals surface area contributed by atoms with Gasteiger partial charge in [-0.05, 0) is 26.2 Å². The van der Waals surface area contributed by atoms with Gasteiger partial charge in [0.2, 0.25) is 11.8 Å². The zero-order valence-electron chi connectivity index (χ0n) is 9.40. The van der Waals surface area contributed by atoms with Gasteiger partial charge in [-0.25, -0.2) is 0 Å². The normalized spacial score (nSPS) is 27.9. The Morgan fingerprint density at radius 1 is 1.40 bits per heavy atom. The van der Waals surface area contributed by atoms with Crippen molar-refractivity contribution >= 4 is 11.8 Å². The van der Waals surface area contributed by atoms with E-state index in [2.05, 4.69) is 0 Å². The summed E-state index contributed by atoms with van der Waals surface area (Å²) in [7, 11) is 0. The highest BCUT2D eigenvalue weighted by Gasteiger charge is 2.36. The molecular formula is C11H18N2O2. The summed E-state index contributed by atoms with van der Waals surface area (Å²) in [5.41, 5.74) is 0. The Morgan fingerprint density at radius 3 is 2.53 bits per heavy atom. The Kier molecular flexibility index (Phi) is 2.67. The molecule has 1 aliphatic carbocycles. The fraction of sp³-hybridized carbons (Fsp3) is 0.818. The summed E-state index contributed by atoms with van der Waals surface area (Å²) < 4.78 is 0. The predicted molar refractivity (Wildman–Crippen MR) is 56.2 cm³/mol. The fourth-order valence-corrected chi connectivity index (χ4v) is 2.35. The molecule has 2 rings (SSSR count). The largest absolute Gasteiger partial charge is 0.336 e. The number of piperazine rings is 1. The first-order chi connectivity index (χ1) is 7.09. The van der Waals surface area contributed by atoms with E-state index >= 15 is 0 Å². The zero-order valence-corrected chi connectivity index (χ0v) is 9.40. The highest BCUT2D eigenvalue weighted by molar-refractivity contribution is 5.85. The summed E-state index contributed by atoms with van der Waals surface area (Å²) in [5, 5.41) is 0. The Bertz CT molecular complexity index is 286. The molecule has 4 heteroatoms. The lowest BCUT2D eigenvalue weighted by atomic mass is 9.90. The molecule has 1 atom stereocenters. The highest BCUT2D eigenvalue weighted by Crippen LogP contribution is 2.27. The van der Waals surface area contributed by atoms with E-state index in [1.54, 1.807) is 4.90 Å². The number of nitrogens with zero attached hydrogens (tertiary/aromatic N) is 2. The quantitative estimate of drug-likeness (QED) is 0.636. The average molecular weight is 210 g/mol. The van der Waals surface area contributed by atoms with Crippen LogP contribution in [0.2, 0.25) is 0 Å². The predicted octanol–water partition coefficient (Wildman–Crippen LogP) is 0.618. The Hall–Kier alpha value is -1.06. The first kappa shape index (κ1) is 10.5. The second-order valence-corrected chi connectivity index (χ2v) is 4.63. The highest BCUT2D eigenvalue weighted by atomic mass is 16.2. The van der Waals surface area contributed by atoms with Crippen LogP contribution in [0.4, 0.5) is 0 Å². The van der Waals surface area contributed by atoms with Gasteiger partial charge in [-0.3, -0.25) is 9.59 Å². The minimum absolute atomic E-state index is 0.00381. The van der Waals surface area contributed by atoms with Crippen molar-refractivity contribution in [3.05, 3.63) is 0 Å². The molecule has 0 aromatic carbocycles. The minimum Gasteiger partial charge on any atom is -0.336 e. The van der Waals surface area contributed by atoms with Gasteiger partial charge in [-0.1, -0.05) is 0 Å². The van der Waals surface area contributed by atoms with E-state index < -0.39 is 0 Å². The van der Waals surface area contributed by atoms with E-state index in [1.165, 1.54) is 13.3 Å². The minimum atomic E-state index is 0.00381. The van der Waals surface area contributed by atoms with Crippen molar-refractivity contribution in [2.45, 2.75) is 45.2 Å². The lowest BCUT2D eigenvalue weighted by Crippen LogP contribution is -2.60. The first-order valence-electron chi connectivity index (χ1n) is 5.66. The third-order valence-corrected chi connectivity index (χ3v) is 3.54. The van der Waals surface area contributed by atoms with E-state index in [4.69, 9.17) is 0 Å². The summed E-state index contributed by atoms with van der Waals surface area (Å²) in [4.78, 5) is 26.7. The molecule has 0 radical (unpaired) electrons. The number of carbonyl (C=O) groups is 2. The van der Waals surface area contributed by atoms with Gasteiger partial charge in [-0.15, -0.1) is 0 Å². The number of amides is 2. The molecular weight excluding hydrogens is 192 g/mol. The number of carbonyl (C=O) groups excluding carboxylic acids is 2. The van der Waals surface area contributed by atoms with Crippen molar-refractivity contribution < 1.29 is 9.59 Å². The summed E-state index contributed by atoms with van der Waals surface area (Å²) in [6, 6.07) is 0.620. The standard InChI is InChI=1S/C11H18N2O2/c1-8-6-13(10-4-3-5-10)11(15)7-12(8)9(2)14/h8,10H,3-7H2,1-2H3. The SMILES string of the molecule is CC(=O)N1CC(=O)N(C2CCC2)CC1C. The molecule has 1 heterocycles. The van der Waals surface area contributed by atoms with Crippen molar-refractivity contribution in [2.24, 2.45) is 0 Å². The molecule has 2 fully saturated rings. The maximum Gasteiger partial charge on any atom is 0.242 e. The van der Waals surface area contributed by atoms with Crippen LogP contribution in [0.3, 0.4) is 0 Å². The van der Waals surface area contributed by atoms with E-state index in [0.29, 0.717) is 12.6 Å². The Morgan fingerprint density at radius 2 is 2.07 bits per heavy atom. The summed E-state index contributed by atoms with van der Waals surface area (Å²) >= 11 is 0. The smallest absolute Gasteiger partial charge is 0.242 e. The summed E-state index contributed by atoms with van der Waals surface area (Å²) in [6.45, 7) is 4.53. The van der Waals surface area contributed by atoms with Crippen LogP contribution in [0.5, 0.6) is 0 Å². The van der Waals surface area contributed by atoms with Crippen LogP contribution in [0.15, 0.2) is 0 Å². The van der Waals surface area contributed by atoms with Crippen LogP contribution >= 0.6 is 0 Å². The molecule has 0 spiro atoms. The molecule has 2 aliphatic rings. The van der Waals surface area contributed by atoms with Crippen molar-refractivity contribution in [2.75, 3.05) is 13.1 Å². The first-order valence-corrected chi connectivity index (χ1v) is 5.66. The molecule has 0 aromatic rings. The van der Waals surface area contributed by atoms with Crippen molar-refractivity contribution in [3.63, 3.8) is 0 Å². The van der Waals surface area contributed by atoms with Gasteiger partial charge in [0.25, 0.3) is 0 Å². The second kappa shape index (κ2) is 3.83. The van der Waals surface area contributed by atoms with Gasteiger partial charge in [0.05, 0.1) is 0 Å². The molecule has 84 valence electrons. The van der Waals surface area contributed by atoms with Gasteiger partial charge in [-0.2, -0.15) is 0 Å². The van der Waals surface area contributed by atoms with Crippen LogP contribution in [-0.4, -0.2) is 46.8 Å². The summed E-state index contributed by atoms with van der Waals surface area (Å²) in [5.74, 6) is 0.122. The topological polar surface area (TPSA) is 40.6 Å². The number of hydrogen-bond acceptors (Lipinski definition) is 2. The third kappa shape index (κ3) is 1.85. The van der Waals surface area contributed by atoms with E-state index in [0.717, 1.165) is 12.8 Å². The van der Waals surface area contributed by atoms with Crippen LogP contribution in [0.1, 0.15) is 33.1 Å². The number of hydrogen-bond donors (Lipinski definition) is 0. The molecule has 0 N–H and O–H groups in total. The Balaban J connectivity index is 2.02. The van der Waals surface area contributed by atoms with E-state index in [9.17, 15) is 9.59 Å². The monoisotopic (exact) mass is 210 g/mol. The van der Waals surface area contributed by atoms with Crippen LogP contribution in [0.25, 0.3) is 0 Å². The van der Waals surface area contributed by atoms with Crippen LogP contribution < -0.4 is 0 Å². The molecule has 1 aliphatic heterocycles. The van der Waals surface area contributed by atoms with E-state index in [-0.39, 0.29) is 24.4 Å². The van der Waals surface area contributed by atoms with Gasteiger partial charge >= 0.3 is 0 Å². The van der Waals surface area contributed by atoms with Gasteiger partial charge < -0.3 is 9.80 Å². The van der Waals surface area contributed by atoms with Crippen LogP contribution in [0, 0.1) is 0 Å². The molecule has 2 amide bonds. The van der Waals surface area contributed by atoms with Crippen LogP contribution in [-0.2, 0) is 9.59 Å². The Labute approximate surface area is 90.2 Å². The molecule has 0 aromatic heterocycles. The van der Waals surface area contributed by atoms with Gasteiger partial charge in [0, 0.05) is 25.6 Å². The zero-order chi connectivity index (χ0) is 11.0. The van der Waals surface area contributed by atoms with Gasteiger partial charge in [0.15, 0.2) is 0 Å². The third-order valence-electron chi connectivity index (χ3n) is 3.54. The average Bonchev–Trinajstić information content (AvgIpc) is 2.07. The van der Waals surface area contributed by atoms with Crippen molar-refractivity contribution in [3.8, 4) is 0 Å². The molecule has 1 saturated heterocycles. The fourth-order valence-electron chi connectivity index (χ4n) is 2.35. The van der Waals surface area contributed by atoms with Crippen molar-refractivity contribution in [1.82, 2.24) is 9.80 Å². The lowest BCUT2D eigenvalue weighted by Gasteiger charge is -2.45. The molecule has 1 saturated carbocycles. The lowest BCUT2D eigenvalue weighted by molar-refractivity contribution is -0.151. The number of rotatable bonds is 1. The van der Waals surface area contributed by atoms with Crippen molar-refractivity contribution in [1.29, 1.82) is 0 Å². The second-order valence-electron chi connectivity index (χ2n) is 4.63. The maximum absolute atomic E-state index is 11.8.